The topological polar surface area (TPSA) is 62.3 Å². The quantitative estimate of drug-likeness (QED) is 0.872. The van der Waals surface area contributed by atoms with Crippen LogP contribution in [0, 0.1) is 0 Å². The third-order valence-corrected chi connectivity index (χ3v) is 6.13. The van der Waals surface area contributed by atoms with Gasteiger partial charge in [0.15, 0.2) is 0 Å². The number of hydrogen-bond acceptors (Lipinski definition) is 4. The molecule has 0 saturated carbocycles. The molecule has 0 bridgehead atoms. The highest BCUT2D eigenvalue weighted by atomic mass is 32.2. The van der Waals surface area contributed by atoms with Gasteiger partial charge in [0.25, 0.3) is 10.2 Å². The summed E-state index contributed by atoms with van der Waals surface area (Å²) in [5.74, 6) is 0. The fourth-order valence-electron chi connectivity index (χ4n) is 2.31. The lowest BCUT2D eigenvalue weighted by molar-refractivity contribution is 0.415. The van der Waals surface area contributed by atoms with Crippen LogP contribution in [0.15, 0.2) is 5.38 Å². The van der Waals surface area contributed by atoms with Crippen LogP contribution in [0.1, 0.15) is 43.3 Å². The van der Waals surface area contributed by atoms with Gasteiger partial charge in [0, 0.05) is 31.4 Å². The molecular formula is C13H23N3O2S2. The fourth-order valence-corrected chi connectivity index (χ4v) is 4.37. The molecular weight excluding hydrogens is 294 g/mol. The van der Waals surface area contributed by atoms with Crippen molar-refractivity contribution in [3.05, 3.63) is 16.1 Å². The van der Waals surface area contributed by atoms with E-state index in [0.717, 1.165) is 42.8 Å². The Hall–Kier alpha value is -0.500. The van der Waals surface area contributed by atoms with E-state index in [1.54, 1.807) is 15.6 Å². The van der Waals surface area contributed by atoms with Crippen molar-refractivity contribution in [3.63, 3.8) is 0 Å². The zero-order valence-corrected chi connectivity index (χ0v) is 13.6. The minimum Gasteiger partial charge on any atom is -0.246 e. The first kappa shape index (κ1) is 15.9. The SMILES string of the molecule is CCc1nc(CCNS(=O)(=O)N2CCCCCC2)cs1. The minimum absolute atomic E-state index is 0.422. The van der Waals surface area contributed by atoms with Crippen LogP contribution in [0.5, 0.6) is 0 Å². The number of aryl methyl sites for hydroxylation is 1. The van der Waals surface area contributed by atoms with Crippen molar-refractivity contribution < 1.29 is 8.42 Å². The first-order valence-electron chi connectivity index (χ1n) is 7.30. The van der Waals surface area contributed by atoms with Crippen molar-refractivity contribution in [2.24, 2.45) is 0 Å². The zero-order chi connectivity index (χ0) is 14.4. The molecule has 1 saturated heterocycles. The molecule has 1 fully saturated rings. The van der Waals surface area contributed by atoms with Crippen LogP contribution in [0.3, 0.4) is 0 Å². The number of thiazole rings is 1. The van der Waals surface area contributed by atoms with Gasteiger partial charge in [0.1, 0.15) is 0 Å². The van der Waals surface area contributed by atoms with Gasteiger partial charge in [-0.3, -0.25) is 0 Å². The number of hydrogen-bond donors (Lipinski definition) is 1. The molecule has 0 unspecified atom stereocenters. The van der Waals surface area contributed by atoms with Crippen molar-refractivity contribution in [2.75, 3.05) is 19.6 Å². The van der Waals surface area contributed by atoms with E-state index in [4.69, 9.17) is 0 Å². The van der Waals surface area contributed by atoms with Crippen molar-refractivity contribution in [3.8, 4) is 0 Å². The van der Waals surface area contributed by atoms with Crippen molar-refractivity contribution in [1.82, 2.24) is 14.0 Å². The van der Waals surface area contributed by atoms with Gasteiger partial charge in [0.05, 0.1) is 10.7 Å². The second-order valence-corrected chi connectivity index (χ2v) is 7.75. The Labute approximate surface area is 125 Å². The molecule has 114 valence electrons. The molecule has 1 aromatic rings. The first-order chi connectivity index (χ1) is 9.62. The number of aromatic nitrogens is 1. The van der Waals surface area contributed by atoms with Gasteiger partial charge in [-0.2, -0.15) is 12.7 Å². The lowest BCUT2D eigenvalue weighted by Crippen LogP contribution is -2.41. The number of rotatable bonds is 6. The summed E-state index contributed by atoms with van der Waals surface area (Å²) < 4.78 is 28.7. The molecule has 20 heavy (non-hydrogen) atoms. The van der Waals surface area contributed by atoms with Crippen LogP contribution in [-0.2, 0) is 23.1 Å². The summed E-state index contributed by atoms with van der Waals surface area (Å²) in [5.41, 5.74) is 0.977. The Morgan fingerprint density at radius 3 is 2.60 bits per heavy atom. The summed E-state index contributed by atoms with van der Waals surface area (Å²) in [7, 11) is -3.32. The molecule has 2 rings (SSSR count). The van der Waals surface area contributed by atoms with Gasteiger partial charge in [-0.05, 0) is 19.3 Å². The normalized spacial score (nSPS) is 18.1. The second kappa shape index (κ2) is 7.49. The molecule has 1 N–H and O–H groups in total. The third-order valence-electron chi connectivity index (χ3n) is 3.47. The Bertz CT molecular complexity index is 505. The summed E-state index contributed by atoms with van der Waals surface area (Å²) in [6.45, 7) is 3.79. The van der Waals surface area contributed by atoms with Gasteiger partial charge < -0.3 is 0 Å². The molecule has 5 nitrogen and oxygen atoms in total. The van der Waals surface area contributed by atoms with E-state index >= 15 is 0 Å². The van der Waals surface area contributed by atoms with Crippen molar-refractivity contribution in [1.29, 1.82) is 0 Å². The van der Waals surface area contributed by atoms with E-state index in [0.29, 0.717) is 26.1 Å². The highest BCUT2D eigenvalue weighted by Gasteiger charge is 2.22. The Kier molecular flexibility index (Phi) is 5.95. The van der Waals surface area contributed by atoms with Gasteiger partial charge in [-0.25, -0.2) is 9.71 Å². The van der Waals surface area contributed by atoms with E-state index in [1.165, 1.54) is 0 Å². The molecule has 0 aromatic carbocycles. The molecule has 0 atom stereocenters. The van der Waals surface area contributed by atoms with Crippen LogP contribution in [0.25, 0.3) is 0 Å². The molecule has 0 aliphatic carbocycles. The van der Waals surface area contributed by atoms with Crippen LogP contribution < -0.4 is 4.72 Å². The Balaban J connectivity index is 1.82. The maximum Gasteiger partial charge on any atom is 0.279 e. The average molecular weight is 317 g/mol. The Morgan fingerprint density at radius 2 is 2.00 bits per heavy atom. The van der Waals surface area contributed by atoms with E-state index in [1.807, 2.05) is 5.38 Å². The largest absolute Gasteiger partial charge is 0.279 e. The van der Waals surface area contributed by atoms with Crippen molar-refractivity contribution >= 4 is 21.5 Å². The number of nitrogens with zero attached hydrogens (tertiary/aromatic N) is 2. The van der Waals surface area contributed by atoms with E-state index < -0.39 is 10.2 Å². The predicted octanol–water partition coefficient (Wildman–Crippen LogP) is 1.96. The lowest BCUT2D eigenvalue weighted by atomic mass is 10.2. The van der Waals surface area contributed by atoms with Crippen LogP contribution in [-0.4, -0.2) is 37.3 Å². The second-order valence-electron chi connectivity index (χ2n) is 5.05. The van der Waals surface area contributed by atoms with Crippen LogP contribution in [0.2, 0.25) is 0 Å². The highest BCUT2D eigenvalue weighted by Crippen LogP contribution is 2.13. The monoisotopic (exact) mass is 317 g/mol. The Morgan fingerprint density at radius 1 is 1.30 bits per heavy atom. The molecule has 2 heterocycles. The number of nitrogens with one attached hydrogen (secondary N) is 1. The third kappa shape index (κ3) is 4.51. The van der Waals surface area contributed by atoms with Gasteiger partial charge in [0.2, 0.25) is 0 Å². The van der Waals surface area contributed by atoms with Crippen LogP contribution in [0.4, 0.5) is 0 Å². The minimum atomic E-state index is -3.32. The first-order valence-corrected chi connectivity index (χ1v) is 9.62. The standard InChI is InChI=1S/C13H23N3O2S2/c1-2-13-15-12(11-19-13)7-8-14-20(17,18)16-9-5-3-4-6-10-16/h11,14H,2-10H2,1H3. The fraction of sp³-hybridized carbons (Fsp3) is 0.769. The molecule has 0 amide bonds. The van der Waals surface area contributed by atoms with Gasteiger partial charge in [-0.1, -0.05) is 19.8 Å². The lowest BCUT2D eigenvalue weighted by Gasteiger charge is -2.20. The summed E-state index contributed by atoms with van der Waals surface area (Å²) in [6, 6.07) is 0. The summed E-state index contributed by atoms with van der Waals surface area (Å²) >= 11 is 1.64. The zero-order valence-electron chi connectivity index (χ0n) is 12.0. The van der Waals surface area contributed by atoms with E-state index in [9.17, 15) is 8.42 Å². The van der Waals surface area contributed by atoms with E-state index in [-0.39, 0.29) is 0 Å². The van der Waals surface area contributed by atoms with Gasteiger partial charge >= 0.3 is 0 Å². The highest BCUT2D eigenvalue weighted by molar-refractivity contribution is 7.87. The summed E-state index contributed by atoms with van der Waals surface area (Å²) in [4.78, 5) is 4.45. The smallest absolute Gasteiger partial charge is 0.246 e. The molecule has 1 aromatic heterocycles. The molecule has 0 radical (unpaired) electrons. The van der Waals surface area contributed by atoms with E-state index in [2.05, 4.69) is 16.6 Å². The predicted molar refractivity (Wildman–Crippen MR) is 82.2 cm³/mol. The molecule has 1 aliphatic heterocycles. The van der Waals surface area contributed by atoms with Gasteiger partial charge in [-0.15, -0.1) is 11.3 Å². The van der Waals surface area contributed by atoms with Crippen molar-refractivity contribution in [2.45, 2.75) is 45.4 Å². The summed E-state index contributed by atoms with van der Waals surface area (Å²) in [6.07, 6.45) is 5.78. The maximum atomic E-state index is 12.2. The molecule has 1 aliphatic rings. The maximum absolute atomic E-state index is 12.2. The average Bonchev–Trinajstić information content (AvgIpc) is 2.70. The molecule has 7 heteroatoms. The summed E-state index contributed by atoms with van der Waals surface area (Å²) in [5, 5.41) is 3.12. The van der Waals surface area contributed by atoms with Crippen LogP contribution >= 0.6 is 11.3 Å². The molecule has 0 spiro atoms.